The molecule has 0 unspecified atom stereocenters. The van der Waals surface area contributed by atoms with Gasteiger partial charge in [0.25, 0.3) is 0 Å². The fourth-order valence-electron chi connectivity index (χ4n) is 2.41. The average Bonchev–Trinajstić information content (AvgIpc) is 2.97. The van der Waals surface area contributed by atoms with Gasteiger partial charge in [-0.2, -0.15) is 0 Å². The molecule has 1 amide bonds. The fraction of sp³-hybridized carbons (Fsp3) is 0.529. The summed E-state index contributed by atoms with van der Waals surface area (Å²) in [4.78, 5) is 15.8. The summed E-state index contributed by atoms with van der Waals surface area (Å²) >= 11 is 1.73. The second-order valence-electron chi connectivity index (χ2n) is 7.09. The van der Waals surface area contributed by atoms with Crippen LogP contribution in [-0.2, 0) is 16.8 Å². The lowest BCUT2D eigenvalue weighted by Crippen LogP contribution is -2.34. The summed E-state index contributed by atoms with van der Waals surface area (Å²) in [7, 11) is 0. The van der Waals surface area contributed by atoms with Crippen LogP contribution in [0, 0.1) is 0 Å². The molecule has 23 heavy (non-hydrogen) atoms. The van der Waals surface area contributed by atoms with Gasteiger partial charge in [0.1, 0.15) is 0 Å². The number of carbonyl (C=O) groups excluding carboxylic acids is 1. The van der Waals surface area contributed by atoms with E-state index in [2.05, 4.69) is 47.6 Å². The number of amides is 1. The van der Waals surface area contributed by atoms with Gasteiger partial charge in [0.05, 0.1) is 12.2 Å². The molecule has 1 N–H and O–H groups in total. The van der Waals surface area contributed by atoms with Crippen LogP contribution in [0.3, 0.4) is 0 Å². The molecule has 0 aromatic carbocycles. The van der Waals surface area contributed by atoms with Gasteiger partial charge in [0, 0.05) is 28.9 Å². The van der Waals surface area contributed by atoms with Crippen molar-refractivity contribution in [3.63, 3.8) is 0 Å². The molecule has 2 aromatic rings. The molecule has 0 aliphatic heterocycles. The summed E-state index contributed by atoms with van der Waals surface area (Å²) in [6.45, 7) is 7.40. The molecule has 2 aromatic heterocycles. The zero-order valence-corrected chi connectivity index (χ0v) is 14.7. The quantitative estimate of drug-likeness (QED) is 0.877. The molecule has 3 rings (SSSR count). The smallest absolute Gasteiger partial charge is 0.240 e. The van der Waals surface area contributed by atoms with Gasteiger partial charge in [0.2, 0.25) is 11.8 Å². The molecule has 5 nitrogen and oxygen atoms in total. The number of carbonyl (C=O) groups is 1. The van der Waals surface area contributed by atoms with Gasteiger partial charge >= 0.3 is 0 Å². The molecule has 6 heteroatoms. The van der Waals surface area contributed by atoms with Crippen molar-refractivity contribution in [2.24, 2.45) is 0 Å². The number of nitrogens with zero attached hydrogens (tertiary/aromatic N) is 2. The molecule has 0 atom stereocenters. The summed E-state index contributed by atoms with van der Waals surface area (Å²) in [5.74, 6) is 0.372. The van der Waals surface area contributed by atoms with E-state index in [0.29, 0.717) is 18.5 Å². The van der Waals surface area contributed by atoms with Crippen LogP contribution in [0.25, 0.3) is 0 Å². The molecular weight excluding hydrogens is 310 g/mol. The SMILES string of the molecule is CC(C)(C)c1cc(NC(=O)CN(Cc2cccs2)C2CC2)on1. The Bertz CT molecular complexity index is 654. The van der Waals surface area contributed by atoms with E-state index in [-0.39, 0.29) is 11.3 Å². The van der Waals surface area contributed by atoms with Crippen LogP contribution in [-0.4, -0.2) is 28.6 Å². The normalized spacial score (nSPS) is 15.1. The molecule has 1 saturated carbocycles. The highest BCUT2D eigenvalue weighted by atomic mass is 32.1. The minimum absolute atomic E-state index is 0.0509. The van der Waals surface area contributed by atoms with E-state index in [9.17, 15) is 4.79 Å². The lowest BCUT2D eigenvalue weighted by Gasteiger charge is -2.20. The van der Waals surface area contributed by atoms with Crippen molar-refractivity contribution in [1.82, 2.24) is 10.1 Å². The van der Waals surface area contributed by atoms with E-state index < -0.39 is 0 Å². The molecule has 0 spiro atoms. The Kier molecular flexibility index (Phi) is 4.55. The summed E-state index contributed by atoms with van der Waals surface area (Å²) in [5.41, 5.74) is 0.747. The van der Waals surface area contributed by atoms with Gasteiger partial charge in [-0.25, -0.2) is 0 Å². The van der Waals surface area contributed by atoms with Gasteiger partial charge in [-0.3, -0.25) is 15.0 Å². The van der Waals surface area contributed by atoms with E-state index in [1.165, 1.54) is 17.7 Å². The Balaban J connectivity index is 1.58. The summed E-state index contributed by atoms with van der Waals surface area (Å²) < 4.78 is 5.23. The third-order valence-electron chi connectivity index (χ3n) is 3.89. The van der Waals surface area contributed by atoms with Crippen molar-refractivity contribution >= 4 is 23.1 Å². The molecule has 0 saturated heterocycles. The molecule has 0 bridgehead atoms. The van der Waals surface area contributed by atoms with E-state index in [1.807, 2.05) is 6.07 Å². The minimum atomic E-state index is -0.0916. The van der Waals surface area contributed by atoms with Gasteiger partial charge < -0.3 is 4.52 Å². The molecule has 1 fully saturated rings. The first-order valence-corrected chi connectivity index (χ1v) is 8.83. The largest absolute Gasteiger partial charge is 0.338 e. The minimum Gasteiger partial charge on any atom is -0.338 e. The Morgan fingerprint density at radius 3 is 2.83 bits per heavy atom. The molecular formula is C17H23N3O2S. The van der Waals surface area contributed by atoms with Gasteiger partial charge in [-0.1, -0.05) is 32.0 Å². The van der Waals surface area contributed by atoms with Crippen LogP contribution >= 0.6 is 11.3 Å². The monoisotopic (exact) mass is 333 g/mol. The standard InChI is InChI=1S/C17H23N3O2S/c1-17(2,3)14-9-16(22-19-14)18-15(21)11-20(12-6-7-12)10-13-5-4-8-23-13/h4-5,8-9,12H,6-7,10-11H2,1-3H3,(H,18,21). The maximum absolute atomic E-state index is 12.3. The number of aromatic nitrogens is 1. The van der Waals surface area contributed by atoms with E-state index in [4.69, 9.17) is 4.52 Å². The number of hydrogen-bond acceptors (Lipinski definition) is 5. The number of thiophene rings is 1. The first-order valence-electron chi connectivity index (χ1n) is 7.95. The van der Waals surface area contributed by atoms with Gasteiger partial charge in [-0.05, 0) is 24.3 Å². The number of nitrogens with one attached hydrogen (secondary N) is 1. The number of anilines is 1. The molecule has 124 valence electrons. The van der Waals surface area contributed by atoms with E-state index in [1.54, 1.807) is 17.4 Å². The maximum atomic E-state index is 12.3. The molecule has 0 radical (unpaired) electrons. The van der Waals surface area contributed by atoms with E-state index in [0.717, 1.165) is 12.2 Å². The van der Waals surface area contributed by atoms with Crippen molar-refractivity contribution in [1.29, 1.82) is 0 Å². The number of rotatable bonds is 6. The van der Waals surface area contributed by atoms with Crippen molar-refractivity contribution in [2.45, 2.75) is 51.6 Å². The Hall–Kier alpha value is -1.66. The van der Waals surface area contributed by atoms with Gasteiger partial charge in [0.15, 0.2) is 0 Å². The maximum Gasteiger partial charge on any atom is 0.240 e. The van der Waals surface area contributed by atoms with Crippen molar-refractivity contribution in [3.8, 4) is 0 Å². The first kappa shape index (κ1) is 16.2. The Morgan fingerprint density at radius 1 is 1.48 bits per heavy atom. The van der Waals surface area contributed by atoms with Crippen LogP contribution < -0.4 is 5.32 Å². The third-order valence-corrected chi connectivity index (χ3v) is 4.75. The van der Waals surface area contributed by atoms with Crippen molar-refractivity contribution < 1.29 is 9.32 Å². The second kappa shape index (κ2) is 6.45. The van der Waals surface area contributed by atoms with Crippen LogP contribution in [0.4, 0.5) is 5.88 Å². The van der Waals surface area contributed by atoms with Crippen molar-refractivity contribution in [2.75, 3.05) is 11.9 Å². The zero-order chi connectivity index (χ0) is 16.4. The third kappa shape index (κ3) is 4.42. The second-order valence-corrected chi connectivity index (χ2v) is 8.12. The predicted molar refractivity (Wildman–Crippen MR) is 91.6 cm³/mol. The molecule has 1 aliphatic rings. The first-order chi connectivity index (χ1) is 10.9. The Labute approximate surface area is 140 Å². The van der Waals surface area contributed by atoms with E-state index >= 15 is 0 Å². The van der Waals surface area contributed by atoms with Crippen LogP contribution in [0.1, 0.15) is 44.2 Å². The summed E-state index contributed by atoms with van der Waals surface area (Å²) in [6.07, 6.45) is 2.35. The number of hydrogen-bond donors (Lipinski definition) is 1. The average molecular weight is 333 g/mol. The van der Waals surface area contributed by atoms with Gasteiger partial charge in [-0.15, -0.1) is 11.3 Å². The van der Waals surface area contributed by atoms with Crippen LogP contribution in [0.15, 0.2) is 28.1 Å². The summed E-state index contributed by atoms with van der Waals surface area (Å²) in [6, 6.07) is 6.50. The summed E-state index contributed by atoms with van der Waals surface area (Å²) in [5, 5.41) is 8.92. The Morgan fingerprint density at radius 2 is 2.26 bits per heavy atom. The highest BCUT2D eigenvalue weighted by Crippen LogP contribution is 2.29. The fourth-order valence-corrected chi connectivity index (χ4v) is 3.13. The van der Waals surface area contributed by atoms with Crippen molar-refractivity contribution in [3.05, 3.63) is 34.2 Å². The topological polar surface area (TPSA) is 58.4 Å². The van der Waals surface area contributed by atoms with Crippen LogP contribution in [0.5, 0.6) is 0 Å². The lowest BCUT2D eigenvalue weighted by atomic mass is 9.92. The molecule has 1 aliphatic carbocycles. The lowest BCUT2D eigenvalue weighted by molar-refractivity contribution is -0.117. The zero-order valence-electron chi connectivity index (χ0n) is 13.8. The van der Waals surface area contributed by atoms with Crippen LogP contribution in [0.2, 0.25) is 0 Å². The highest BCUT2D eigenvalue weighted by Gasteiger charge is 2.30. The molecule has 2 heterocycles. The predicted octanol–water partition coefficient (Wildman–Crippen LogP) is 3.64. The highest BCUT2D eigenvalue weighted by molar-refractivity contribution is 7.09.